The van der Waals surface area contributed by atoms with Crippen LogP contribution in [-0.4, -0.2) is 11.5 Å². The molecular formula is C11H8F2N2O2. The average Bonchev–Trinajstić information content (AvgIpc) is 2.28. The van der Waals surface area contributed by atoms with E-state index in [2.05, 4.69) is 0 Å². The van der Waals surface area contributed by atoms with Gasteiger partial charge in [0, 0.05) is 12.7 Å². The Morgan fingerprint density at radius 1 is 1.35 bits per heavy atom. The summed E-state index contributed by atoms with van der Waals surface area (Å²) in [7, 11) is 0. The highest BCUT2D eigenvalue weighted by atomic mass is 19.1. The number of nitro benzene ring substituents is 1. The molecule has 88 valence electrons. The van der Waals surface area contributed by atoms with Gasteiger partial charge in [-0.25, -0.2) is 8.78 Å². The maximum atomic E-state index is 13.0. The van der Waals surface area contributed by atoms with Crippen LogP contribution in [0.4, 0.5) is 20.2 Å². The molecule has 0 unspecified atom stereocenters. The molecule has 1 aliphatic heterocycles. The summed E-state index contributed by atoms with van der Waals surface area (Å²) in [4.78, 5) is 11.4. The summed E-state index contributed by atoms with van der Waals surface area (Å²) < 4.78 is 25.9. The van der Waals surface area contributed by atoms with E-state index in [1.165, 1.54) is 23.1 Å². The maximum absolute atomic E-state index is 13.0. The highest BCUT2D eigenvalue weighted by Crippen LogP contribution is 2.30. The summed E-state index contributed by atoms with van der Waals surface area (Å²) >= 11 is 0. The molecule has 0 N–H and O–H groups in total. The van der Waals surface area contributed by atoms with E-state index in [4.69, 9.17) is 0 Å². The van der Waals surface area contributed by atoms with Crippen LogP contribution in [0.15, 0.2) is 42.4 Å². The van der Waals surface area contributed by atoms with E-state index >= 15 is 0 Å². The lowest BCUT2D eigenvalue weighted by Crippen LogP contribution is -2.19. The fourth-order valence-corrected chi connectivity index (χ4v) is 1.58. The number of halogens is 2. The van der Waals surface area contributed by atoms with Crippen molar-refractivity contribution in [1.82, 2.24) is 0 Å². The Hall–Kier alpha value is -2.24. The summed E-state index contributed by atoms with van der Waals surface area (Å²) in [5.41, 5.74) is -0.222. The fraction of sp³-hybridized carbons (Fsp3) is 0.0909. The Labute approximate surface area is 95.6 Å². The number of hydrogen-bond acceptors (Lipinski definition) is 3. The molecule has 1 heterocycles. The van der Waals surface area contributed by atoms with Crippen molar-refractivity contribution in [2.75, 3.05) is 11.4 Å². The zero-order valence-corrected chi connectivity index (χ0v) is 8.64. The third-order valence-corrected chi connectivity index (χ3v) is 2.30. The number of rotatable bonds is 2. The zero-order valence-electron chi connectivity index (χ0n) is 8.64. The molecule has 0 spiro atoms. The van der Waals surface area contributed by atoms with Gasteiger partial charge in [0.1, 0.15) is 17.3 Å². The molecule has 0 bridgehead atoms. The van der Waals surface area contributed by atoms with Crippen LogP contribution in [0.3, 0.4) is 0 Å². The van der Waals surface area contributed by atoms with Crippen LogP contribution < -0.4 is 4.90 Å². The van der Waals surface area contributed by atoms with Crippen LogP contribution in [-0.2, 0) is 0 Å². The minimum absolute atomic E-state index is 0.163. The monoisotopic (exact) mass is 238 g/mol. The van der Waals surface area contributed by atoms with Crippen molar-refractivity contribution in [3.8, 4) is 0 Å². The van der Waals surface area contributed by atoms with Crippen molar-refractivity contribution in [2.45, 2.75) is 0 Å². The topological polar surface area (TPSA) is 46.4 Å². The second-order valence-corrected chi connectivity index (χ2v) is 3.46. The first-order valence-corrected chi connectivity index (χ1v) is 4.82. The van der Waals surface area contributed by atoms with Crippen LogP contribution in [0.25, 0.3) is 0 Å². The first-order chi connectivity index (χ1) is 8.08. The molecule has 17 heavy (non-hydrogen) atoms. The van der Waals surface area contributed by atoms with E-state index in [1.807, 2.05) is 0 Å². The predicted molar refractivity (Wildman–Crippen MR) is 58.7 cm³/mol. The van der Waals surface area contributed by atoms with E-state index in [1.54, 1.807) is 0 Å². The lowest BCUT2D eigenvalue weighted by Gasteiger charge is -2.20. The van der Waals surface area contributed by atoms with Crippen LogP contribution >= 0.6 is 0 Å². The van der Waals surface area contributed by atoms with Crippen LogP contribution in [0.5, 0.6) is 0 Å². The van der Waals surface area contributed by atoms with Gasteiger partial charge in [-0.3, -0.25) is 10.1 Å². The second-order valence-electron chi connectivity index (χ2n) is 3.46. The quantitative estimate of drug-likeness (QED) is 0.587. The molecule has 1 aliphatic rings. The van der Waals surface area contributed by atoms with Gasteiger partial charge in [0.15, 0.2) is 0 Å². The first kappa shape index (κ1) is 11.3. The second kappa shape index (κ2) is 4.32. The number of benzene rings is 1. The van der Waals surface area contributed by atoms with Crippen LogP contribution in [0.1, 0.15) is 0 Å². The highest BCUT2D eigenvalue weighted by Gasteiger charge is 2.20. The van der Waals surface area contributed by atoms with Crippen molar-refractivity contribution < 1.29 is 13.7 Å². The molecule has 1 aromatic carbocycles. The summed E-state index contributed by atoms with van der Waals surface area (Å²) in [5, 5.41) is 10.8. The van der Waals surface area contributed by atoms with Crippen molar-refractivity contribution in [3.05, 3.63) is 58.3 Å². The Morgan fingerprint density at radius 3 is 2.76 bits per heavy atom. The molecule has 0 saturated carbocycles. The molecule has 0 radical (unpaired) electrons. The normalized spacial score (nSPS) is 14.7. The standard InChI is InChI=1S/C11H8F2N2O2/c12-8-3-4-10(11(6-8)15(16)17)14-5-1-2-9(13)7-14/h1-4,6-7H,5H2. The van der Waals surface area contributed by atoms with Gasteiger partial charge in [-0.2, -0.15) is 0 Å². The smallest absolute Gasteiger partial charge is 0.295 e. The molecular weight excluding hydrogens is 230 g/mol. The van der Waals surface area contributed by atoms with Crippen LogP contribution in [0, 0.1) is 15.9 Å². The first-order valence-electron chi connectivity index (χ1n) is 4.82. The number of nitro groups is 1. The van der Waals surface area contributed by atoms with Crippen molar-refractivity contribution in [3.63, 3.8) is 0 Å². The Balaban J connectivity index is 2.45. The van der Waals surface area contributed by atoms with E-state index in [9.17, 15) is 18.9 Å². The molecule has 0 saturated heterocycles. The van der Waals surface area contributed by atoms with Crippen molar-refractivity contribution in [2.24, 2.45) is 0 Å². The molecule has 1 aromatic rings. The number of allylic oxidation sites excluding steroid dienone is 2. The minimum atomic E-state index is -0.697. The minimum Gasteiger partial charge on any atom is -0.336 e. The number of nitrogens with zero attached hydrogens (tertiary/aromatic N) is 2. The SMILES string of the molecule is O=[N+]([O-])c1cc(F)ccc1N1C=C(F)C=CC1. The largest absolute Gasteiger partial charge is 0.336 e. The third kappa shape index (κ3) is 2.30. The van der Waals surface area contributed by atoms with Crippen LogP contribution in [0.2, 0.25) is 0 Å². The lowest BCUT2D eigenvalue weighted by atomic mass is 10.2. The molecule has 0 aliphatic carbocycles. The Morgan fingerprint density at radius 2 is 2.12 bits per heavy atom. The van der Waals surface area contributed by atoms with Gasteiger partial charge < -0.3 is 4.90 Å². The van der Waals surface area contributed by atoms with E-state index in [0.717, 1.165) is 18.3 Å². The highest BCUT2D eigenvalue weighted by molar-refractivity contribution is 5.66. The molecule has 2 rings (SSSR count). The van der Waals surface area contributed by atoms with Crippen molar-refractivity contribution >= 4 is 11.4 Å². The summed E-state index contributed by atoms with van der Waals surface area (Å²) in [5.74, 6) is -1.20. The molecule has 6 heteroatoms. The molecule has 0 atom stereocenters. The van der Waals surface area contributed by atoms with Gasteiger partial charge in [-0.1, -0.05) is 6.08 Å². The zero-order chi connectivity index (χ0) is 12.4. The van der Waals surface area contributed by atoms with Crippen molar-refractivity contribution in [1.29, 1.82) is 0 Å². The van der Waals surface area contributed by atoms with E-state index in [-0.39, 0.29) is 11.4 Å². The number of hydrogen-bond donors (Lipinski definition) is 0. The summed E-state index contributed by atoms with van der Waals surface area (Å²) in [6.07, 6.45) is 3.94. The van der Waals surface area contributed by atoms with Gasteiger partial charge in [0.2, 0.25) is 0 Å². The van der Waals surface area contributed by atoms with E-state index in [0.29, 0.717) is 6.54 Å². The van der Waals surface area contributed by atoms with Gasteiger partial charge >= 0.3 is 0 Å². The predicted octanol–water partition coefficient (Wildman–Crippen LogP) is 2.92. The lowest BCUT2D eigenvalue weighted by molar-refractivity contribution is -0.384. The maximum Gasteiger partial charge on any atom is 0.295 e. The van der Waals surface area contributed by atoms with Gasteiger partial charge in [-0.15, -0.1) is 0 Å². The van der Waals surface area contributed by atoms with Gasteiger partial charge in [0.25, 0.3) is 5.69 Å². The number of anilines is 1. The third-order valence-electron chi connectivity index (χ3n) is 2.30. The Bertz CT molecular complexity index is 526. The molecule has 0 amide bonds. The van der Waals surface area contributed by atoms with Gasteiger partial charge in [-0.05, 0) is 18.2 Å². The Kier molecular flexibility index (Phi) is 2.86. The van der Waals surface area contributed by atoms with E-state index < -0.39 is 16.6 Å². The summed E-state index contributed by atoms with van der Waals surface area (Å²) in [6, 6.07) is 3.18. The molecule has 0 aromatic heterocycles. The van der Waals surface area contributed by atoms with Gasteiger partial charge in [0.05, 0.1) is 11.0 Å². The summed E-state index contributed by atoms with van der Waals surface area (Å²) in [6.45, 7) is 0.305. The molecule has 4 nitrogen and oxygen atoms in total. The average molecular weight is 238 g/mol. The molecule has 0 fully saturated rings. The fourth-order valence-electron chi connectivity index (χ4n) is 1.58.